The van der Waals surface area contributed by atoms with Gasteiger partial charge in [0.25, 0.3) is 0 Å². The summed E-state index contributed by atoms with van der Waals surface area (Å²) in [6.07, 6.45) is -0.509. The Balaban J connectivity index is 2.07. The van der Waals surface area contributed by atoms with Crippen LogP contribution >= 0.6 is 0 Å². The molecule has 3 fully saturated rings. The second kappa shape index (κ2) is 0.844. The van der Waals surface area contributed by atoms with Crippen LogP contribution in [-0.2, 0) is 0 Å². The third-order valence-corrected chi connectivity index (χ3v) is 1.86. The average Bonchev–Trinajstić information content (AvgIpc) is 1.60. The maximum atomic E-state index is 8.71. The van der Waals surface area contributed by atoms with Crippen molar-refractivity contribution in [3.63, 3.8) is 0 Å². The number of aliphatic hydroxyl groups is 2. The Bertz CT molecular complexity index is 85.9. The molecule has 40 valence electrons. The summed E-state index contributed by atoms with van der Waals surface area (Å²) in [7, 11) is 0. The Labute approximate surface area is 41.0 Å². The molecule has 0 radical (unpaired) electrons. The largest absolute Gasteiger partial charge is 0.390 e. The Kier molecular flexibility index (Phi) is 0.462. The van der Waals surface area contributed by atoms with Gasteiger partial charge in [0, 0.05) is 0 Å². The average molecular weight is 101 g/mol. The predicted octanol–water partition coefficient (Wildman–Crippen LogP) is -1.94. The zero-order valence-corrected chi connectivity index (χ0v) is 3.70. The van der Waals surface area contributed by atoms with E-state index in [1.165, 1.54) is 0 Å². The topological polar surface area (TPSA) is 52.5 Å². The minimum atomic E-state index is -0.255. The van der Waals surface area contributed by atoms with Gasteiger partial charge in [0.05, 0.1) is 24.3 Å². The lowest BCUT2D eigenvalue weighted by atomic mass is 9.70. The summed E-state index contributed by atoms with van der Waals surface area (Å²) in [6, 6.07) is 0.00926. The molecule has 3 N–H and O–H groups in total. The van der Waals surface area contributed by atoms with Crippen LogP contribution in [-0.4, -0.2) is 34.5 Å². The zero-order chi connectivity index (χ0) is 5.02. The number of aliphatic hydroxyl groups excluding tert-OH is 2. The number of rotatable bonds is 0. The fraction of sp³-hybridized carbons (Fsp3) is 1.00. The molecule has 3 heteroatoms. The van der Waals surface area contributed by atoms with E-state index in [0.717, 1.165) is 0 Å². The van der Waals surface area contributed by atoms with Crippen molar-refractivity contribution >= 4 is 0 Å². The standard InChI is InChI=1S/C4H7NO2/c6-3-1-4(7)2(3)5-1/h1-7H. The third kappa shape index (κ3) is 0.224. The molecule has 0 spiro atoms. The van der Waals surface area contributed by atoms with Gasteiger partial charge in [-0.1, -0.05) is 0 Å². The molecular weight excluding hydrogens is 94.0 g/mol. The zero-order valence-electron chi connectivity index (χ0n) is 3.70. The van der Waals surface area contributed by atoms with Gasteiger partial charge in [-0.3, -0.25) is 0 Å². The summed E-state index contributed by atoms with van der Waals surface area (Å²) >= 11 is 0. The lowest BCUT2D eigenvalue weighted by molar-refractivity contribution is -0.187. The van der Waals surface area contributed by atoms with E-state index < -0.39 is 0 Å². The van der Waals surface area contributed by atoms with Gasteiger partial charge in [0.1, 0.15) is 0 Å². The molecule has 0 aromatic carbocycles. The number of nitrogens with one attached hydrogen (secondary N) is 1. The molecular formula is C4H7NO2. The number of hydrogen-bond donors (Lipinski definition) is 3. The molecule has 3 nitrogen and oxygen atoms in total. The van der Waals surface area contributed by atoms with Crippen LogP contribution in [0, 0.1) is 0 Å². The Morgan fingerprint density at radius 1 is 1.00 bits per heavy atom. The van der Waals surface area contributed by atoms with Gasteiger partial charge in [0.2, 0.25) is 0 Å². The van der Waals surface area contributed by atoms with Crippen LogP contribution in [0.2, 0.25) is 0 Å². The van der Waals surface area contributed by atoms with E-state index in [2.05, 4.69) is 5.32 Å². The van der Waals surface area contributed by atoms with Crippen molar-refractivity contribution in [1.29, 1.82) is 0 Å². The molecule has 0 unspecified atom stereocenters. The molecule has 2 bridgehead atoms. The van der Waals surface area contributed by atoms with Crippen molar-refractivity contribution in [3.05, 3.63) is 0 Å². The first-order chi connectivity index (χ1) is 3.30. The molecule has 2 heterocycles. The maximum absolute atomic E-state index is 8.71. The van der Waals surface area contributed by atoms with Crippen molar-refractivity contribution in [2.75, 3.05) is 0 Å². The monoisotopic (exact) mass is 101 g/mol. The van der Waals surface area contributed by atoms with Crippen molar-refractivity contribution in [2.45, 2.75) is 24.3 Å². The van der Waals surface area contributed by atoms with E-state index in [1.54, 1.807) is 0 Å². The van der Waals surface area contributed by atoms with Gasteiger partial charge < -0.3 is 15.5 Å². The van der Waals surface area contributed by atoms with Crippen molar-refractivity contribution in [2.24, 2.45) is 0 Å². The fourth-order valence-corrected chi connectivity index (χ4v) is 1.08. The second-order valence-corrected chi connectivity index (χ2v) is 2.20. The summed E-state index contributed by atoms with van der Waals surface area (Å²) in [4.78, 5) is 0. The van der Waals surface area contributed by atoms with E-state index >= 15 is 0 Å². The first-order valence-electron chi connectivity index (χ1n) is 2.43. The summed E-state index contributed by atoms with van der Waals surface area (Å²) in [5.41, 5.74) is 0. The molecule has 2 saturated heterocycles. The molecule has 0 aromatic heterocycles. The van der Waals surface area contributed by atoms with Gasteiger partial charge in [-0.25, -0.2) is 0 Å². The van der Waals surface area contributed by atoms with E-state index in [1.807, 2.05) is 0 Å². The smallest absolute Gasteiger partial charge is 0.0897 e. The van der Waals surface area contributed by atoms with Gasteiger partial charge >= 0.3 is 0 Å². The van der Waals surface area contributed by atoms with Gasteiger partial charge in [-0.05, 0) is 0 Å². The molecule has 0 atom stereocenters. The van der Waals surface area contributed by atoms with Gasteiger partial charge in [-0.15, -0.1) is 0 Å². The summed E-state index contributed by atoms with van der Waals surface area (Å²) in [5.74, 6) is 0. The van der Waals surface area contributed by atoms with Crippen LogP contribution in [0.4, 0.5) is 0 Å². The van der Waals surface area contributed by atoms with Crippen LogP contribution < -0.4 is 5.32 Å². The van der Waals surface area contributed by atoms with Crippen LogP contribution in [0.1, 0.15) is 0 Å². The predicted molar refractivity (Wildman–Crippen MR) is 22.7 cm³/mol. The molecule has 0 amide bonds. The van der Waals surface area contributed by atoms with Crippen LogP contribution in [0.25, 0.3) is 0 Å². The SMILES string of the molecule is OC1C2NC1C2O. The van der Waals surface area contributed by atoms with Crippen molar-refractivity contribution < 1.29 is 10.2 Å². The van der Waals surface area contributed by atoms with Crippen LogP contribution in [0.15, 0.2) is 0 Å². The van der Waals surface area contributed by atoms with E-state index in [4.69, 9.17) is 10.2 Å². The molecule has 0 aromatic rings. The molecule has 1 aliphatic carbocycles. The van der Waals surface area contributed by atoms with Crippen molar-refractivity contribution in [3.8, 4) is 0 Å². The van der Waals surface area contributed by atoms with E-state index in [0.29, 0.717) is 0 Å². The Morgan fingerprint density at radius 2 is 1.43 bits per heavy atom. The minimum absolute atomic E-state index is 0.00463. The van der Waals surface area contributed by atoms with E-state index in [9.17, 15) is 0 Å². The molecule has 2 aliphatic heterocycles. The minimum Gasteiger partial charge on any atom is -0.390 e. The first kappa shape index (κ1) is 3.83. The fourth-order valence-electron chi connectivity index (χ4n) is 1.08. The summed E-state index contributed by atoms with van der Waals surface area (Å²) in [6.45, 7) is 0. The molecule has 7 heavy (non-hydrogen) atoms. The van der Waals surface area contributed by atoms with Crippen molar-refractivity contribution in [1.82, 2.24) is 5.32 Å². The first-order valence-corrected chi connectivity index (χ1v) is 2.43. The summed E-state index contributed by atoms with van der Waals surface area (Å²) < 4.78 is 0. The highest BCUT2D eigenvalue weighted by molar-refractivity contribution is 5.19. The van der Waals surface area contributed by atoms with Crippen LogP contribution in [0.3, 0.4) is 0 Å². The van der Waals surface area contributed by atoms with Gasteiger partial charge in [0.15, 0.2) is 0 Å². The Morgan fingerprint density at radius 3 is 1.43 bits per heavy atom. The third-order valence-electron chi connectivity index (χ3n) is 1.86. The highest BCUT2D eigenvalue weighted by Gasteiger charge is 2.60. The number of hydrogen-bond acceptors (Lipinski definition) is 3. The molecule has 1 saturated carbocycles. The lowest BCUT2D eigenvalue weighted by Gasteiger charge is -2.60. The normalized spacial score (nSPS) is 66.0. The highest BCUT2D eigenvalue weighted by Crippen LogP contribution is 2.32. The quantitative estimate of drug-likeness (QED) is 0.333. The molecule has 3 aliphatic rings. The molecule has 3 rings (SSSR count). The van der Waals surface area contributed by atoms with Crippen LogP contribution in [0.5, 0.6) is 0 Å². The second-order valence-electron chi connectivity index (χ2n) is 2.20. The summed E-state index contributed by atoms with van der Waals surface area (Å²) in [5, 5.41) is 20.3. The highest BCUT2D eigenvalue weighted by atomic mass is 16.3. The maximum Gasteiger partial charge on any atom is 0.0897 e. The lowest BCUT2D eigenvalue weighted by Crippen LogP contribution is -2.88. The van der Waals surface area contributed by atoms with Gasteiger partial charge in [-0.2, -0.15) is 0 Å². The van der Waals surface area contributed by atoms with E-state index in [-0.39, 0.29) is 24.3 Å². The Hall–Kier alpha value is -0.120.